The normalized spacial score (nSPS) is 11.6. The highest BCUT2D eigenvalue weighted by molar-refractivity contribution is 7.89. The fraction of sp³-hybridized carbons (Fsp3) is 0.235. The summed E-state index contributed by atoms with van der Waals surface area (Å²) in [5.74, 6) is 1.49. The van der Waals surface area contributed by atoms with Gasteiger partial charge in [0.05, 0.1) is 10.6 Å². The third kappa shape index (κ3) is 4.79. The highest BCUT2D eigenvalue weighted by Crippen LogP contribution is 2.25. The van der Waals surface area contributed by atoms with Crippen LogP contribution in [0, 0.1) is 0 Å². The molecule has 1 aromatic carbocycles. The Hall–Kier alpha value is -2.56. The summed E-state index contributed by atoms with van der Waals surface area (Å²) in [5.41, 5.74) is 1.63. The van der Waals surface area contributed by atoms with Gasteiger partial charge in [-0.2, -0.15) is 0 Å². The van der Waals surface area contributed by atoms with E-state index < -0.39 is 10.0 Å². The summed E-state index contributed by atoms with van der Waals surface area (Å²) >= 11 is 1.51. The standard InChI is InChI=1S/C17H20N6O2S2/c1-11(2)14-9-26-17(22-14)23-16-8-15(19-10-20-16)21-12-5-4-6-13(7-12)27(24,25)18-3/h4-11,18H,1-3H3,(H2,19,20,21,22,23). The van der Waals surface area contributed by atoms with Crippen molar-refractivity contribution in [2.75, 3.05) is 17.7 Å². The van der Waals surface area contributed by atoms with Crippen LogP contribution in [-0.4, -0.2) is 30.4 Å². The molecule has 8 nitrogen and oxygen atoms in total. The molecule has 10 heteroatoms. The molecule has 0 aliphatic rings. The van der Waals surface area contributed by atoms with Gasteiger partial charge in [0.1, 0.15) is 18.0 Å². The van der Waals surface area contributed by atoms with Crippen LogP contribution in [0.3, 0.4) is 0 Å². The summed E-state index contributed by atoms with van der Waals surface area (Å²) in [5, 5.41) is 9.02. The molecule has 0 spiro atoms. The maximum Gasteiger partial charge on any atom is 0.240 e. The minimum atomic E-state index is -3.51. The molecule has 0 amide bonds. The topological polar surface area (TPSA) is 109 Å². The van der Waals surface area contributed by atoms with E-state index in [1.807, 2.05) is 5.38 Å². The zero-order chi connectivity index (χ0) is 19.4. The number of hydrogen-bond acceptors (Lipinski definition) is 8. The van der Waals surface area contributed by atoms with Crippen LogP contribution in [0.1, 0.15) is 25.5 Å². The van der Waals surface area contributed by atoms with Crippen molar-refractivity contribution in [1.29, 1.82) is 0 Å². The molecule has 0 aliphatic heterocycles. The van der Waals surface area contributed by atoms with Crippen molar-refractivity contribution in [2.45, 2.75) is 24.7 Å². The first-order valence-corrected chi connectivity index (χ1v) is 10.6. The molecule has 3 N–H and O–H groups in total. The van der Waals surface area contributed by atoms with Crippen LogP contribution < -0.4 is 15.4 Å². The van der Waals surface area contributed by atoms with Gasteiger partial charge >= 0.3 is 0 Å². The van der Waals surface area contributed by atoms with Gasteiger partial charge in [0, 0.05) is 17.1 Å². The lowest BCUT2D eigenvalue weighted by Gasteiger charge is -2.09. The molecule has 3 rings (SSSR count). The van der Waals surface area contributed by atoms with E-state index in [9.17, 15) is 8.42 Å². The maximum atomic E-state index is 11.9. The van der Waals surface area contributed by atoms with Crippen molar-refractivity contribution in [2.24, 2.45) is 0 Å². The highest BCUT2D eigenvalue weighted by Gasteiger charge is 2.12. The predicted molar refractivity (Wildman–Crippen MR) is 107 cm³/mol. The first-order chi connectivity index (χ1) is 12.9. The van der Waals surface area contributed by atoms with Gasteiger partial charge in [0.15, 0.2) is 5.13 Å². The van der Waals surface area contributed by atoms with Crippen molar-refractivity contribution < 1.29 is 8.42 Å². The van der Waals surface area contributed by atoms with Gasteiger partial charge in [-0.05, 0) is 31.2 Å². The number of sulfonamides is 1. The SMILES string of the molecule is CNS(=O)(=O)c1cccc(Nc2cc(Nc3nc(C(C)C)cs3)ncn2)c1. The number of nitrogens with zero attached hydrogens (tertiary/aromatic N) is 3. The minimum absolute atomic E-state index is 0.173. The Morgan fingerprint density at radius 3 is 2.48 bits per heavy atom. The van der Waals surface area contributed by atoms with Crippen LogP contribution in [0.4, 0.5) is 22.5 Å². The van der Waals surface area contributed by atoms with Gasteiger partial charge in [-0.3, -0.25) is 0 Å². The zero-order valence-electron chi connectivity index (χ0n) is 15.1. The average molecular weight is 405 g/mol. The molecule has 2 heterocycles. The van der Waals surface area contributed by atoms with Gasteiger partial charge in [-0.1, -0.05) is 19.9 Å². The van der Waals surface area contributed by atoms with Crippen LogP contribution in [0.25, 0.3) is 0 Å². The van der Waals surface area contributed by atoms with E-state index >= 15 is 0 Å². The van der Waals surface area contributed by atoms with Crippen molar-refractivity contribution >= 4 is 43.8 Å². The van der Waals surface area contributed by atoms with Gasteiger partial charge < -0.3 is 10.6 Å². The third-order valence-corrected chi connectivity index (χ3v) is 5.89. The van der Waals surface area contributed by atoms with Crippen molar-refractivity contribution in [3.8, 4) is 0 Å². The Morgan fingerprint density at radius 1 is 1.07 bits per heavy atom. The molecule has 0 saturated heterocycles. The quantitative estimate of drug-likeness (QED) is 0.553. The van der Waals surface area contributed by atoms with Crippen LogP contribution in [-0.2, 0) is 10.0 Å². The van der Waals surface area contributed by atoms with Crippen LogP contribution >= 0.6 is 11.3 Å². The van der Waals surface area contributed by atoms with Gasteiger partial charge in [-0.15, -0.1) is 11.3 Å². The largest absolute Gasteiger partial charge is 0.340 e. The molecule has 142 valence electrons. The second-order valence-corrected chi connectivity index (χ2v) is 8.75. The van der Waals surface area contributed by atoms with Gasteiger partial charge in [0.2, 0.25) is 10.0 Å². The van der Waals surface area contributed by atoms with Crippen LogP contribution in [0.15, 0.2) is 46.9 Å². The summed E-state index contributed by atoms with van der Waals surface area (Å²) in [6, 6.07) is 8.22. The molecule has 27 heavy (non-hydrogen) atoms. The predicted octanol–water partition coefficient (Wildman–Crippen LogP) is 3.45. The van der Waals surface area contributed by atoms with E-state index in [1.54, 1.807) is 18.2 Å². The third-order valence-electron chi connectivity index (χ3n) is 3.70. The first-order valence-electron chi connectivity index (χ1n) is 8.22. The van der Waals surface area contributed by atoms with Gasteiger partial charge in [0.25, 0.3) is 0 Å². The molecule has 0 fully saturated rings. The molecule has 0 unspecified atom stereocenters. The molecule has 0 atom stereocenters. The summed E-state index contributed by atoms with van der Waals surface area (Å²) in [7, 11) is -2.13. The Balaban J connectivity index is 1.77. The Kier molecular flexibility index (Phi) is 5.68. The highest BCUT2D eigenvalue weighted by atomic mass is 32.2. The van der Waals surface area contributed by atoms with E-state index in [-0.39, 0.29) is 4.90 Å². The van der Waals surface area contributed by atoms with Crippen molar-refractivity contribution in [1.82, 2.24) is 19.7 Å². The summed E-state index contributed by atoms with van der Waals surface area (Å²) in [6.45, 7) is 4.18. The summed E-state index contributed by atoms with van der Waals surface area (Å²) < 4.78 is 26.2. The Bertz CT molecular complexity index is 1030. The molecule has 2 aromatic heterocycles. The molecular formula is C17H20N6O2S2. The van der Waals surface area contributed by atoms with Crippen molar-refractivity contribution in [3.63, 3.8) is 0 Å². The van der Waals surface area contributed by atoms with E-state index in [0.717, 1.165) is 10.8 Å². The Morgan fingerprint density at radius 2 is 1.81 bits per heavy atom. The fourth-order valence-electron chi connectivity index (χ4n) is 2.22. The average Bonchev–Trinajstić information content (AvgIpc) is 3.11. The lowest BCUT2D eigenvalue weighted by atomic mass is 10.2. The van der Waals surface area contributed by atoms with E-state index in [0.29, 0.717) is 23.2 Å². The lowest BCUT2D eigenvalue weighted by Crippen LogP contribution is -2.18. The number of hydrogen-bond donors (Lipinski definition) is 3. The second kappa shape index (κ2) is 7.99. The maximum absolute atomic E-state index is 11.9. The molecule has 3 aromatic rings. The number of benzene rings is 1. The number of rotatable bonds is 7. The second-order valence-electron chi connectivity index (χ2n) is 6.01. The molecular weight excluding hydrogens is 384 g/mol. The molecule has 0 aliphatic carbocycles. The van der Waals surface area contributed by atoms with E-state index in [1.165, 1.54) is 36.8 Å². The van der Waals surface area contributed by atoms with Crippen LogP contribution in [0.2, 0.25) is 0 Å². The number of nitrogens with one attached hydrogen (secondary N) is 3. The van der Waals surface area contributed by atoms with Crippen molar-refractivity contribution in [3.05, 3.63) is 47.7 Å². The minimum Gasteiger partial charge on any atom is -0.340 e. The monoisotopic (exact) mass is 404 g/mol. The summed E-state index contributed by atoms with van der Waals surface area (Å²) in [6.07, 6.45) is 1.43. The molecule has 0 bridgehead atoms. The zero-order valence-corrected chi connectivity index (χ0v) is 16.7. The molecule has 0 radical (unpaired) electrons. The number of anilines is 4. The lowest BCUT2D eigenvalue weighted by molar-refractivity contribution is 0.588. The van der Waals surface area contributed by atoms with Crippen LogP contribution in [0.5, 0.6) is 0 Å². The first kappa shape index (κ1) is 19.2. The van der Waals surface area contributed by atoms with E-state index in [4.69, 9.17) is 0 Å². The smallest absolute Gasteiger partial charge is 0.240 e. The molecule has 0 saturated carbocycles. The fourth-order valence-corrected chi connectivity index (χ4v) is 3.87. The number of aromatic nitrogens is 3. The Labute approximate surface area is 162 Å². The van der Waals surface area contributed by atoms with Gasteiger partial charge in [-0.25, -0.2) is 28.1 Å². The summed E-state index contributed by atoms with van der Waals surface area (Å²) in [4.78, 5) is 13.1. The van der Waals surface area contributed by atoms with E-state index in [2.05, 4.69) is 44.2 Å². The number of thiazole rings is 1.